The van der Waals surface area contributed by atoms with Crippen molar-refractivity contribution in [3.63, 3.8) is 0 Å². The van der Waals surface area contributed by atoms with Gasteiger partial charge in [-0.25, -0.2) is 4.98 Å². The second kappa shape index (κ2) is 12.1. The third kappa shape index (κ3) is 5.94. The number of para-hydroxylation sites is 1. The fraction of sp³-hybridized carbons (Fsp3) is 0.300. The molecule has 8 heteroatoms. The molecular weight excluding hydrogens is 566 g/mol. The molecule has 0 N–H and O–H groups in total. The molecule has 0 saturated heterocycles. The van der Waals surface area contributed by atoms with Gasteiger partial charge in [-0.15, -0.1) is 0 Å². The van der Waals surface area contributed by atoms with E-state index >= 15 is 0 Å². The van der Waals surface area contributed by atoms with E-state index in [-0.39, 0.29) is 11.5 Å². The van der Waals surface area contributed by atoms with Gasteiger partial charge in [0.1, 0.15) is 12.4 Å². The van der Waals surface area contributed by atoms with Gasteiger partial charge in [-0.3, -0.25) is 4.79 Å². The van der Waals surface area contributed by atoms with Crippen LogP contribution in [0.3, 0.4) is 0 Å². The highest BCUT2D eigenvalue weighted by Gasteiger charge is 2.22. The first-order valence-corrected chi connectivity index (χ1v) is 14.1. The van der Waals surface area contributed by atoms with Gasteiger partial charge < -0.3 is 9.47 Å². The van der Waals surface area contributed by atoms with E-state index in [4.69, 9.17) is 26.1 Å². The molecule has 1 saturated carbocycles. The minimum absolute atomic E-state index is 0.156. The van der Waals surface area contributed by atoms with Crippen LogP contribution in [0.15, 0.2) is 75.0 Å². The van der Waals surface area contributed by atoms with Gasteiger partial charge >= 0.3 is 0 Å². The largest absolute Gasteiger partial charge is 0.490 e. The van der Waals surface area contributed by atoms with Crippen LogP contribution < -0.4 is 15.0 Å². The van der Waals surface area contributed by atoms with E-state index in [2.05, 4.69) is 21.0 Å². The van der Waals surface area contributed by atoms with Crippen molar-refractivity contribution in [2.24, 2.45) is 5.10 Å². The van der Waals surface area contributed by atoms with Crippen molar-refractivity contribution in [1.82, 2.24) is 9.66 Å². The molecule has 0 bridgehead atoms. The molecule has 38 heavy (non-hydrogen) atoms. The number of fused-ring (bicyclic) bond motifs is 1. The van der Waals surface area contributed by atoms with Crippen LogP contribution in [-0.4, -0.2) is 22.5 Å². The lowest BCUT2D eigenvalue weighted by Gasteiger charge is -2.22. The summed E-state index contributed by atoms with van der Waals surface area (Å²) in [7, 11) is 0. The highest BCUT2D eigenvalue weighted by Crippen LogP contribution is 2.35. The second-order valence-corrected chi connectivity index (χ2v) is 10.6. The van der Waals surface area contributed by atoms with E-state index in [9.17, 15) is 4.79 Å². The molecule has 6 nitrogen and oxygen atoms in total. The van der Waals surface area contributed by atoms with E-state index in [0.29, 0.717) is 40.6 Å². The van der Waals surface area contributed by atoms with E-state index in [1.54, 1.807) is 12.3 Å². The van der Waals surface area contributed by atoms with Crippen LogP contribution in [0.2, 0.25) is 5.02 Å². The zero-order valence-corrected chi connectivity index (χ0v) is 23.5. The monoisotopic (exact) mass is 593 g/mol. The van der Waals surface area contributed by atoms with E-state index in [0.717, 1.165) is 47.1 Å². The molecule has 0 radical (unpaired) electrons. The molecule has 1 heterocycles. The van der Waals surface area contributed by atoms with Crippen LogP contribution in [-0.2, 0) is 6.61 Å². The molecule has 1 aliphatic carbocycles. The average molecular weight is 595 g/mol. The molecule has 0 amide bonds. The summed E-state index contributed by atoms with van der Waals surface area (Å²) >= 11 is 9.64. The Bertz CT molecular complexity index is 1510. The van der Waals surface area contributed by atoms with Crippen LogP contribution in [0, 0.1) is 0 Å². The van der Waals surface area contributed by atoms with E-state index in [1.165, 1.54) is 11.1 Å². The fourth-order valence-corrected chi connectivity index (χ4v) is 5.32. The smallest absolute Gasteiger partial charge is 0.282 e. The van der Waals surface area contributed by atoms with Gasteiger partial charge in [-0.1, -0.05) is 55.1 Å². The van der Waals surface area contributed by atoms with Crippen molar-refractivity contribution in [1.29, 1.82) is 0 Å². The Hall–Kier alpha value is -3.16. The van der Waals surface area contributed by atoms with Crippen molar-refractivity contribution >= 4 is 44.6 Å². The molecule has 1 fully saturated rings. The molecule has 3 aromatic carbocycles. The summed E-state index contributed by atoms with van der Waals surface area (Å²) in [5.41, 5.74) is 2.32. The standard InChI is InChI=1S/C30H29BrClN3O3/c1-2-37-27-16-22(25(31)17-28(27)38-19-20-12-14-23(32)15-13-20)18-33-35-29(21-8-4-3-5-9-21)34-26-11-7-6-10-24(26)30(35)36/h6-7,10-18,21H,2-5,8-9,19H2,1H3. The van der Waals surface area contributed by atoms with Crippen LogP contribution in [0.1, 0.15) is 61.9 Å². The summed E-state index contributed by atoms with van der Waals surface area (Å²) in [5, 5.41) is 5.91. The minimum Gasteiger partial charge on any atom is -0.490 e. The highest BCUT2D eigenvalue weighted by molar-refractivity contribution is 9.10. The van der Waals surface area contributed by atoms with Crippen LogP contribution >= 0.6 is 27.5 Å². The van der Waals surface area contributed by atoms with Crippen molar-refractivity contribution in [2.45, 2.75) is 51.6 Å². The number of halogens is 2. The maximum atomic E-state index is 13.5. The maximum Gasteiger partial charge on any atom is 0.282 e. The third-order valence-electron chi connectivity index (χ3n) is 6.73. The minimum atomic E-state index is -0.156. The van der Waals surface area contributed by atoms with Gasteiger partial charge in [-0.2, -0.15) is 9.78 Å². The van der Waals surface area contributed by atoms with Crippen LogP contribution in [0.5, 0.6) is 11.5 Å². The highest BCUT2D eigenvalue weighted by atomic mass is 79.9. The van der Waals surface area contributed by atoms with Gasteiger partial charge in [0, 0.05) is 21.0 Å². The normalized spacial score (nSPS) is 14.3. The second-order valence-electron chi connectivity index (χ2n) is 9.35. The molecule has 1 aliphatic rings. The summed E-state index contributed by atoms with van der Waals surface area (Å²) in [6.07, 6.45) is 7.20. The Morgan fingerprint density at radius 1 is 1.05 bits per heavy atom. The topological polar surface area (TPSA) is 65.7 Å². The lowest BCUT2D eigenvalue weighted by atomic mass is 9.88. The fourth-order valence-electron chi connectivity index (χ4n) is 4.77. The summed E-state index contributed by atoms with van der Waals surface area (Å²) < 4.78 is 14.2. The molecule has 196 valence electrons. The number of ether oxygens (including phenoxy) is 2. The Morgan fingerprint density at radius 2 is 1.79 bits per heavy atom. The lowest BCUT2D eigenvalue weighted by molar-refractivity contribution is 0.269. The molecular formula is C30H29BrClN3O3. The first-order valence-electron chi connectivity index (χ1n) is 12.9. The molecule has 0 spiro atoms. The lowest BCUT2D eigenvalue weighted by Crippen LogP contribution is -2.25. The predicted molar refractivity (Wildman–Crippen MR) is 156 cm³/mol. The van der Waals surface area contributed by atoms with E-state index < -0.39 is 0 Å². The van der Waals surface area contributed by atoms with Gasteiger partial charge in [-0.05, 0) is 77.7 Å². The Balaban J connectivity index is 1.49. The molecule has 4 aromatic rings. The Kier molecular flexibility index (Phi) is 8.45. The SMILES string of the molecule is CCOc1cc(C=Nn2c(C3CCCCC3)nc3ccccc3c2=O)c(Br)cc1OCc1ccc(Cl)cc1. The third-order valence-corrected chi connectivity index (χ3v) is 7.67. The predicted octanol–water partition coefficient (Wildman–Crippen LogP) is 7.72. The number of benzene rings is 3. The van der Waals surface area contributed by atoms with Crippen molar-refractivity contribution in [3.05, 3.63) is 97.5 Å². The molecule has 0 unspecified atom stereocenters. The van der Waals surface area contributed by atoms with Crippen LogP contribution in [0.4, 0.5) is 0 Å². The first kappa shape index (κ1) is 26.4. The maximum absolute atomic E-state index is 13.5. The van der Waals surface area contributed by atoms with Gasteiger partial charge in [0.25, 0.3) is 5.56 Å². The number of aromatic nitrogens is 2. The number of rotatable bonds is 8. The number of hydrogen-bond acceptors (Lipinski definition) is 5. The zero-order valence-electron chi connectivity index (χ0n) is 21.2. The molecule has 5 rings (SSSR count). The molecule has 0 aliphatic heterocycles. The summed E-state index contributed by atoms with van der Waals surface area (Å²) in [5.74, 6) is 2.15. The van der Waals surface area contributed by atoms with Crippen molar-refractivity contribution in [3.8, 4) is 11.5 Å². The molecule has 0 atom stereocenters. The summed E-state index contributed by atoms with van der Waals surface area (Å²) in [4.78, 5) is 18.4. The average Bonchev–Trinajstić information content (AvgIpc) is 2.94. The number of hydrogen-bond donors (Lipinski definition) is 0. The quantitative estimate of drug-likeness (QED) is 0.196. The number of nitrogens with zero attached hydrogens (tertiary/aromatic N) is 3. The summed E-state index contributed by atoms with van der Waals surface area (Å²) in [6.45, 7) is 2.78. The van der Waals surface area contributed by atoms with Crippen molar-refractivity contribution < 1.29 is 9.47 Å². The van der Waals surface area contributed by atoms with Gasteiger partial charge in [0.15, 0.2) is 11.5 Å². The first-order chi connectivity index (χ1) is 18.5. The van der Waals surface area contributed by atoms with Gasteiger partial charge in [0.05, 0.1) is 23.7 Å². The van der Waals surface area contributed by atoms with Crippen LogP contribution in [0.25, 0.3) is 10.9 Å². The Morgan fingerprint density at radius 3 is 2.55 bits per heavy atom. The van der Waals surface area contributed by atoms with Gasteiger partial charge in [0.2, 0.25) is 0 Å². The van der Waals surface area contributed by atoms with E-state index in [1.807, 2.05) is 61.5 Å². The van der Waals surface area contributed by atoms with Crippen molar-refractivity contribution in [2.75, 3.05) is 6.61 Å². The molecule has 1 aromatic heterocycles. The zero-order chi connectivity index (χ0) is 26.5. The summed E-state index contributed by atoms with van der Waals surface area (Å²) in [6, 6.07) is 18.7. The Labute approximate surface area is 235 Å².